The van der Waals surface area contributed by atoms with Crippen LogP contribution in [0.3, 0.4) is 0 Å². The van der Waals surface area contributed by atoms with E-state index in [4.69, 9.17) is 14.5 Å². The van der Waals surface area contributed by atoms with Gasteiger partial charge in [-0.25, -0.2) is 9.97 Å². The topological polar surface area (TPSA) is 76.6 Å². The molecule has 4 rings (SSSR count). The Hall–Kier alpha value is -2.03. The van der Waals surface area contributed by atoms with Crippen molar-refractivity contribution >= 4 is 17.2 Å². The van der Waals surface area contributed by atoms with Gasteiger partial charge < -0.3 is 19.7 Å². The van der Waals surface area contributed by atoms with E-state index in [1.54, 1.807) is 18.4 Å². The smallest absolute Gasteiger partial charge is 0.225 e. The number of methoxy groups -OCH3 is 1. The zero-order valence-corrected chi connectivity index (χ0v) is 22.2. The summed E-state index contributed by atoms with van der Waals surface area (Å²) in [7, 11) is 1.70. The zero-order valence-electron chi connectivity index (χ0n) is 21.4. The monoisotopic (exact) mass is 500 g/mol. The van der Waals surface area contributed by atoms with Gasteiger partial charge in [-0.05, 0) is 70.4 Å². The second-order valence-corrected chi connectivity index (χ2v) is 11.4. The molecule has 7 nitrogen and oxygen atoms in total. The van der Waals surface area contributed by atoms with E-state index < -0.39 is 0 Å². The van der Waals surface area contributed by atoms with E-state index >= 15 is 0 Å². The molecule has 35 heavy (non-hydrogen) atoms. The number of thiazole rings is 1. The molecular weight excluding hydrogens is 460 g/mol. The van der Waals surface area contributed by atoms with Crippen LogP contribution in [-0.2, 0) is 28.8 Å². The van der Waals surface area contributed by atoms with Gasteiger partial charge in [0.25, 0.3) is 0 Å². The van der Waals surface area contributed by atoms with Gasteiger partial charge in [-0.2, -0.15) is 0 Å². The third kappa shape index (κ3) is 7.98. The lowest BCUT2D eigenvalue weighted by atomic mass is 9.84. The summed E-state index contributed by atoms with van der Waals surface area (Å²) in [6.07, 6.45) is 10.2. The number of nitrogens with zero attached hydrogens (tertiary/aromatic N) is 3. The summed E-state index contributed by atoms with van der Waals surface area (Å²) in [6.45, 7) is 7.79. The maximum Gasteiger partial charge on any atom is 0.225 e. The molecule has 1 aliphatic heterocycles. The van der Waals surface area contributed by atoms with Crippen molar-refractivity contribution in [3.63, 3.8) is 0 Å². The molecule has 3 heterocycles. The van der Waals surface area contributed by atoms with Crippen LogP contribution in [0.2, 0.25) is 0 Å². The van der Waals surface area contributed by atoms with E-state index in [1.807, 2.05) is 26.1 Å². The molecule has 1 atom stereocenters. The fourth-order valence-corrected chi connectivity index (χ4v) is 5.86. The normalized spacial score (nSPS) is 21.7. The largest absolute Gasteiger partial charge is 0.475 e. The maximum atomic E-state index is 12.4. The first-order valence-corrected chi connectivity index (χ1v) is 13.9. The molecule has 2 aliphatic rings. The Labute approximate surface area is 213 Å². The maximum absolute atomic E-state index is 12.4. The molecule has 0 spiro atoms. The van der Waals surface area contributed by atoms with Crippen molar-refractivity contribution in [1.82, 2.24) is 20.2 Å². The lowest BCUT2D eigenvalue weighted by Gasteiger charge is -2.30. The van der Waals surface area contributed by atoms with Gasteiger partial charge in [0.05, 0.1) is 17.5 Å². The third-order valence-electron chi connectivity index (χ3n) is 7.34. The van der Waals surface area contributed by atoms with Crippen LogP contribution in [0.1, 0.15) is 60.2 Å². The van der Waals surface area contributed by atoms with E-state index in [1.165, 1.54) is 30.5 Å². The Kier molecular flexibility index (Phi) is 9.52. The van der Waals surface area contributed by atoms with Gasteiger partial charge in [-0.3, -0.25) is 4.79 Å². The van der Waals surface area contributed by atoms with E-state index in [0.29, 0.717) is 24.9 Å². The van der Waals surface area contributed by atoms with Crippen LogP contribution >= 0.6 is 11.3 Å². The minimum atomic E-state index is 0.0607. The van der Waals surface area contributed by atoms with Crippen LogP contribution in [0.25, 0.3) is 0 Å². The van der Waals surface area contributed by atoms with Gasteiger partial charge in [-0.15, -0.1) is 11.3 Å². The fraction of sp³-hybridized carbons (Fsp3) is 0.667. The van der Waals surface area contributed by atoms with Gasteiger partial charge in [0.1, 0.15) is 6.61 Å². The van der Waals surface area contributed by atoms with Gasteiger partial charge >= 0.3 is 0 Å². The average molecular weight is 501 g/mol. The Morgan fingerprint density at radius 1 is 1.23 bits per heavy atom. The number of pyridine rings is 1. The fourth-order valence-electron chi connectivity index (χ4n) is 5.07. The van der Waals surface area contributed by atoms with Gasteiger partial charge in [0, 0.05) is 55.5 Å². The Balaban J connectivity index is 1.15. The van der Waals surface area contributed by atoms with Gasteiger partial charge in [0.2, 0.25) is 11.8 Å². The molecule has 1 fully saturated rings. The molecule has 0 bridgehead atoms. The molecule has 1 N–H and O–H groups in total. The molecule has 8 heteroatoms. The van der Waals surface area contributed by atoms with E-state index in [-0.39, 0.29) is 12.0 Å². The van der Waals surface area contributed by atoms with Gasteiger partial charge in [-0.1, -0.05) is 6.07 Å². The standard InChI is InChI=1S/C27H40N4O3S/c1-19(33-3)18-34-27-9-6-22-11-14-31(15-12-25(22)30-27)13-10-21-4-7-23(8-5-21)29-26(32)16-24-17-28-20(2)35-24/h6,9,17,19,21,23H,4-5,7-8,10-16,18H2,1-3H3,(H,29,32)/t19?,21-,23-. The third-order valence-corrected chi connectivity index (χ3v) is 8.26. The summed E-state index contributed by atoms with van der Waals surface area (Å²) in [6, 6.07) is 4.51. The number of ether oxygens (including phenoxy) is 2. The summed E-state index contributed by atoms with van der Waals surface area (Å²) in [5, 5.41) is 4.27. The predicted molar refractivity (Wildman–Crippen MR) is 139 cm³/mol. The first kappa shape index (κ1) is 26.0. The number of carbonyl (C=O) groups excluding carboxylic acids is 1. The zero-order chi connectivity index (χ0) is 24.6. The number of fused-ring (bicyclic) bond motifs is 1. The van der Waals surface area contributed by atoms with Crippen molar-refractivity contribution in [3.8, 4) is 5.88 Å². The lowest BCUT2D eigenvalue weighted by molar-refractivity contribution is -0.121. The second kappa shape index (κ2) is 12.8. The van der Waals surface area contributed by atoms with Crippen LogP contribution in [-0.4, -0.2) is 66.3 Å². The molecule has 2 aromatic rings. The minimum Gasteiger partial charge on any atom is -0.475 e. The average Bonchev–Trinajstić information content (AvgIpc) is 3.15. The van der Waals surface area contributed by atoms with Crippen molar-refractivity contribution in [1.29, 1.82) is 0 Å². The van der Waals surface area contributed by atoms with Gasteiger partial charge in [0.15, 0.2) is 0 Å². The van der Waals surface area contributed by atoms with Crippen LogP contribution in [0, 0.1) is 12.8 Å². The highest BCUT2D eigenvalue weighted by Gasteiger charge is 2.24. The van der Waals surface area contributed by atoms with Crippen molar-refractivity contribution in [3.05, 3.63) is 39.5 Å². The number of aromatic nitrogens is 2. The van der Waals surface area contributed by atoms with E-state index in [9.17, 15) is 4.79 Å². The number of hydrogen-bond donors (Lipinski definition) is 1. The van der Waals surface area contributed by atoms with Crippen LogP contribution in [0.15, 0.2) is 18.3 Å². The molecule has 1 aliphatic carbocycles. The SMILES string of the molecule is COC(C)COc1ccc2c(n1)CCN(CC[C@H]1CC[C@H](NC(=O)Cc3cnc(C)s3)CC1)CC2. The Morgan fingerprint density at radius 2 is 2.03 bits per heavy atom. The highest BCUT2D eigenvalue weighted by Crippen LogP contribution is 2.28. The quantitative estimate of drug-likeness (QED) is 0.532. The molecule has 0 radical (unpaired) electrons. The van der Waals surface area contributed by atoms with Crippen LogP contribution in [0.5, 0.6) is 5.88 Å². The van der Waals surface area contributed by atoms with Crippen molar-refractivity contribution in [2.75, 3.05) is 33.4 Å². The summed E-state index contributed by atoms with van der Waals surface area (Å²) in [5.41, 5.74) is 2.53. The summed E-state index contributed by atoms with van der Waals surface area (Å²) >= 11 is 1.61. The number of amides is 1. The van der Waals surface area contributed by atoms with Crippen LogP contribution < -0.4 is 10.1 Å². The molecule has 1 amide bonds. The molecule has 0 saturated heterocycles. The van der Waals surface area contributed by atoms with Crippen molar-refractivity contribution < 1.29 is 14.3 Å². The minimum absolute atomic E-state index is 0.0607. The summed E-state index contributed by atoms with van der Waals surface area (Å²) in [5.74, 6) is 1.60. The highest BCUT2D eigenvalue weighted by atomic mass is 32.1. The second-order valence-electron chi connectivity index (χ2n) is 10.1. The summed E-state index contributed by atoms with van der Waals surface area (Å²) in [4.78, 5) is 25.0. The molecule has 2 aromatic heterocycles. The lowest BCUT2D eigenvalue weighted by Crippen LogP contribution is -2.38. The number of aryl methyl sites for hydroxylation is 1. The van der Waals surface area contributed by atoms with Crippen molar-refractivity contribution in [2.24, 2.45) is 5.92 Å². The molecule has 192 valence electrons. The molecule has 1 unspecified atom stereocenters. The first-order valence-electron chi connectivity index (χ1n) is 13.1. The number of hydrogen-bond acceptors (Lipinski definition) is 7. The molecular formula is C27H40N4O3S. The first-order chi connectivity index (χ1) is 17.0. The predicted octanol–water partition coefficient (Wildman–Crippen LogP) is 3.97. The highest BCUT2D eigenvalue weighted by molar-refractivity contribution is 7.11. The Morgan fingerprint density at radius 3 is 2.77 bits per heavy atom. The number of rotatable bonds is 10. The van der Waals surface area contributed by atoms with Crippen molar-refractivity contribution in [2.45, 2.75) is 77.4 Å². The molecule has 0 aromatic carbocycles. The van der Waals surface area contributed by atoms with Crippen LogP contribution in [0.4, 0.5) is 0 Å². The van der Waals surface area contributed by atoms with E-state index in [2.05, 4.69) is 21.3 Å². The number of carbonyl (C=O) groups is 1. The van der Waals surface area contributed by atoms with E-state index in [0.717, 1.165) is 61.1 Å². The number of nitrogens with one attached hydrogen (secondary N) is 1. The Bertz CT molecular complexity index is 958. The molecule has 1 saturated carbocycles. The summed E-state index contributed by atoms with van der Waals surface area (Å²) < 4.78 is 11.1.